The molecule has 2 rings (SSSR count). The van der Waals surface area contributed by atoms with E-state index in [1.165, 1.54) is 0 Å². The third-order valence-corrected chi connectivity index (χ3v) is 1.44. The van der Waals surface area contributed by atoms with Crippen molar-refractivity contribution in [3.05, 3.63) is 37.1 Å². The molecule has 0 radical (unpaired) electrons. The summed E-state index contributed by atoms with van der Waals surface area (Å²) >= 11 is 0. The van der Waals surface area contributed by atoms with Crippen LogP contribution in [0.5, 0.6) is 0 Å². The van der Waals surface area contributed by atoms with Gasteiger partial charge in [0.25, 0.3) is 0 Å². The Labute approximate surface area is 69.3 Å². The second-order valence-corrected chi connectivity index (χ2v) is 2.22. The summed E-state index contributed by atoms with van der Waals surface area (Å²) in [5.74, 6) is 0. The molecule has 0 aromatic carbocycles. The Balaban J connectivity index is 2.46. The van der Waals surface area contributed by atoms with E-state index in [4.69, 9.17) is 0 Å². The molecular formula is C8H6N4. The van der Waals surface area contributed by atoms with Crippen molar-refractivity contribution in [3.8, 4) is 11.3 Å². The van der Waals surface area contributed by atoms with Crippen molar-refractivity contribution >= 4 is 0 Å². The zero-order valence-electron chi connectivity index (χ0n) is 6.25. The van der Waals surface area contributed by atoms with Gasteiger partial charge in [-0.25, -0.2) is 0 Å². The molecule has 4 heteroatoms. The molecule has 0 saturated carbocycles. The van der Waals surface area contributed by atoms with E-state index < -0.39 is 0 Å². The normalized spacial score (nSPS) is 9.67. The van der Waals surface area contributed by atoms with Gasteiger partial charge in [-0.2, -0.15) is 10.2 Å². The van der Waals surface area contributed by atoms with E-state index >= 15 is 0 Å². The number of aromatic nitrogens is 4. The van der Waals surface area contributed by atoms with Crippen LogP contribution in [0.1, 0.15) is 0 Å². The molecule has 0 spiro atoms. The predicted octanol–water partition coefficient (Wildman–Crippen LogP) is 0.934. The standard InChI is InChI=1S/C8H6N4/c1-2-11-12-5-7(1)8-6-9-3-4-10-8/h1-6H. The molecule has 2 heterocycles. The van der Waals surface area contributed by atoms with Crippen LogP contribution in [0.15, 0.2) is 37.1 Å². The third-order valence-electron chi connectivity index (χ3n) is 1.44. The van der Waals surface area contributed by atoms with Gasteiger partial charge in [-0.05, 0) is 6.07 Å². The van der Waals surface area contributed by atoms with E-state index in [0.717, 1.165) is 11.3 Å². The zero-order valence-corrected chi connectivity index (χ0v) is 6.25. The van der Waals surface area contributed by atoms with E-state index in [-0.39, 0.29) is 0 Å². The Morgan fingerprint density at radius 1 is 0.917 bits per heavy atom. The third kappa shape index (κ3) is 1.27. The van der Waals surface area contributed by atoms with Crippen molar-refractivity contribution in [2.45, 2.75) is 0 Å². The molecule has 0 aliphatic rings. The summed E-state index contributed by atoms with van der Waals surface area (Å²) in [5.41, 5.74) is 1.74. The van der Waals surface area contributed by atoms with Crippen LogP contribution in [0, 0.1) is 0 Å². The van der Waals surface area contributed by atoms with Crippen LogP contribution in [0.4, 0.5) is 0 Å². The van der Waals surface area contributed by atoms with Crippen LogP contribution in [0.3, 0.4) is 0 Å². The van der Waals surface area contributed by atoms with E-state index in [1.54, 1.807) is 31.0 Å². The Morgan fingerprint density at radius 2 is 1.92 bits per heavy atom. The summed E-state index contributed by atoms with van der Waals surface area (Å²) in [6, 6.07) is 1.84. The molecular weight excluding hydrogens is 152 g/mol. The summed E-state index contributed by atoms with van der Waals surface area (Å²) < 4.78 is 0. The highest BCUT2D eigenvalue weighted by Gasteiger charge is 1.96. The molecule has 0 fully saturated rings. The summed E-state index contributed by atoms with van der Waals surface area (Å²) in [6.45, 7) is 0. The van der Waals surface area contributed by atoms with Crippen LogP contribution in [-0.4, -0.2) is 20.2 Å². The Bertz CT molecular complexity index is 308. The van der Waals surface area contributed by atoms with Crippen molar-refractivity contribution in [2.24, 2.45) is 0 Å². The fourth-order valence-electron chi connectivity index (χ4n) is 0.890. The average Bonchev–Trinajstić information content (AvgIpc) is 2.21. The molecule has 12 heavy (non-hydrogen) atoms. The topological polar surface area (TPSA) is 51.6 Å². The van der Waals surface area contributed by atoms with Gasteiger partial charge in [0.2, 0.25) is 0 Å². The molecule has 0 aliphatic carbocycles. The van der Waals surface area contributed by atoms with Crippen molar-refractivity contribution in [3.63, 3.8) is 0 Å². The number of hydrogen-bond acceptors (Lipinski definition) is 4. The molecule has 0 saturated heterocycles. The lowest BCUT2D eigenvalue weighted by Crippen LogP contribution is -1.85. The van der Waals surface area contributed by atoms with E-state index in [1.807, 2.05) is 6.07 Å². The van der Waals surface area contributed by atoms with Crippen LogP contribution in [0.2, 0.25) is 0 Å². The van der Waals surface area contributed by atoms with Crippen molar-refractivity contribution in [2.75, 3.05) is 0 Å². The lowest BCUT2D eigenvalue weighted by Gasteiger charge is -1.95. The van der Waals surface area contributed by atoms with Gasteiger partial charge in [0.05, 0.1) is 24.3 Å². The van der Waals surface area contributed by atoms with Crippen molar-refractivity contribution in [1.82, 2.24) is 20.2 Å². The molecule has 0 unspecified atom stereocenters. The predicted molar refractivity (Wildman–Crippen MR) is 43.1 cm³/mol. The fourth-order valence-corrected chi connectivity index (χ4v) is 0.890. The highest BCUT2D eigenvalue weighted by atomic mass is 15.1. The maximum absolute atomic E-state index is 4.12. The molecule has 0 aliphatic heterocycles. The van der Waals surface area contributed by atoms with Crippen LogP contribution in [-0.2, 0) is 0 Å². The Kier molecular flexibility index (Phi) is 1.74. The second-order valence-electron chi connectivity index (χ2n) is 2.22. The molecule has 58 valence electrons. The molecule has 0 N–H and O–H groups in total. The monoisotopic (exact) mass is 158 g/mol. The minimum Gasteiger partial charge on any atom is -0.261 e. The highest BCUT2D eigenvalue weighted by molar-refractivity contribution is 5.55. The van der Waals surface area contributed by atoms with Crippen LogP contribution in [0.25, 0.3) is 11.3 Å². The number of nitrogens with zero attached hydrogens (tertiary/aromatic N) is 4. The van der Waals surface area contributed by atoms with Crippen molar-refractivity contribution < 1.29 is 0 Å². The summed E-state index contributed by atoms with van der Waals surface area (Å²) in [6.07, 6.45) is 8.26. The van der Waals surface area contributed by atoms with E-state index in [9.17, 15) is 0 Å². The summed E-state index contributed by atoms with van der Waals surface area (Å²) in [7, 11) is 0. The first-order chi connectivity index (χ1) is 5.97. The van der Waals surface area contributed by atoms with Gasteiger partial charge < -0.3 is 0 Å². The van der Waals surface area contributed by atoms with Crippen LogP contribution < -0.4 is 0 Å². The SMILES string of the molecule is c1cnc(-c2ccnnc2)cn1. The first-order valence-corrected chi connectivity index (χ1v) is 3.50. The number of hydrogen-bond donors (Lipinski definition) is 0. The quantitative estimate of drug-likeness (QED) is 0.619. The zero-order chi connectivity index (χ0) is 8.23. The minimum absolute atomic E-state index is 0.812. The Hall–Kier alpha value is -1.84. The highest BCUT2D eigenvalue weighted by Crippen LogP contribution is 2.11. The van der Waals surface area contributed by atoms with Gasteiger partial charge >= 0.3 is 0 Å². The second kappa shape index (κ2) is 3.04. The minimum atomic E-state index is 0.812. The molecule has 0 bridgehead atoms. The van der Waals surface area contributed by atoms with Gasteiger partial charge in [0.15, 0.2) is 0 Å². The summed E-state index contributed by atoms with van der Waals surface area (Å²) in [5, 5.41) is 7.42. The lowest BCUT2D eigenvalue weighted by atomic mass is 10.2. The molecule has 2 aromatic heterocycles. The van der Waals surface area contributed by atoms with Crippen molar-refractivity contribution in [1.29, 1.82) is 0 Å². The maximum atomic E-state index is 4.12. The summed E-state index contributed by atoms with van der Waals surface area (Å²) in [4.78, 5) is 8.07. The molecule has 2 aromatic rings. The first-order valence-electron chi connectivity index (χ1n) is 3.50. The maximum Gasteiger partial charge on any atom is 0.0901 e. The Morgan fingerprint density at radius 3 is 2.58 bits per heavy atom. The molecule has 4 nitrogen and oxygen atoms in total. The molecule has 0 atom stereocenters. The largest absolute Gasteiger partial charge is 0.261 e. The first kappa shape index (κ1) is 6.84. The smallest absolute Gasteiger partial charge is 0.0901 e. The molecule has 0 amide bonds. The van der Waals surface area contributed by atoms with Gasteiger partial charge in [-0.1, -0.05) is 0 Å². The number of rotatable bonds is 1. The van der Waals surface area contributed by atoms with Gasteiger partial charge in [0, 0.05) is 18.0 Å². The average molecular weight is 158 g/mol. The fraction of sp³-hybridized carbons (Fsp3) is 0. The van der Waals surface area contributed by atoms with E-state index in [2.05, 4.69) is 20.2 Å². The van der Waals surface area contributed by atoms with Gasteiger partial charge in [0.1, 0.15) is 0 Å². The van der Waals surface area contributed by atoms with Crippen LogP contribution >= 0.6 is 0 Å². The lowest BCUT2D eigenvalue weighted by molar-refractivity contribution is 1.03. The van der Waals surface area contributed by atoms with Gasteiger partial charge in [-0.15, -0.1) is 0 Å². The van der Waals surface area contributed by atoms with Gasteiger partial charge in [-0.3, -0.25) is 9.97 Å². The van der Waals surface area contributed by atoms with E-state index in [0.29, 0.717) is 0 Å².